The standard InChI is InChI=1S/C29H43NO4/c1-25(2,3)28(6,32)20-15-26(4)21-14-18-10-11-19(31)23-22(18)29(26,24(34-23)27(20,5)33-7)12-13-30(21)16-17-8-9-17/h10-11,17,20-21,24,31-32H,8-9,12-16H2,1-7H3/t20?,21-,24+,26-,27-,28?,29+/m1/s1. The van der Waals surface area contributed by atoms with Crippen molar-refractivity contribution >= 4 is 0 Å². The van der Waals surface area contributed by atoms with Crippen molar-refractivity contribution < 1.29 is 19.7 Å². The van der Waals surface area contributed by atoms with E-state index in [0.717, 1.165) is 31.7 Å². The van der Waals surface area contributed by atoms with Gasteiger partial charge >= 0.3 is 0 Å². The zero-order chi connectivity index (χ0) is 24.5. The number of phenolic OH excluding ortho intramolecular Hbond substituents is 1. The smallest absolute Gasteiger partial charge is 0.165 e. The molecule has 1 spiro atoms. The Morgan fingerprint density at radius 2 is 1.88 bits per heavy atom. The summed E-state index contributed by atoms with van der Waals surface area (Å²) in [7, 11) is 1.78. The SMILES string of the molecule is CO[C@]1(C)C(C(C)(O)C(C)(C)C)C[C@]2(C)[C@H]3Cc4ccc(O)c5c4[C@@]2(CCN3CC2CC2)[C@H]1O5. The molecule has 188 valence electrons. The molecule has 1 aromatic rings. The fourth-order valence-electron chi connectivity index (χ4n) is 8.72. The average molecular weight is 470 g/mol. The lowest BCUT2D eigenvalue weighted by Gasteiger charge is -2.70. The zero-order valence-electron chi connectivity index (χ0n) is 22.1. The molecule has 2 saturated carbocycles. The Bertz CT molecular complexity index is 1030. The minimum absolute atomic E-state index is 0.0885. The molecule has 2 heterocycles. The number of ether oxygens (including phenoxy) is 2. The second-order valence-corrected chi connectivity index (χ2v) is 13.8. The lowest BCUT2D eigenvalue weighted by atomic mass is 9.38. The van der Waals surface area contributed by atoms with E-state index in [1.54, 1.807) is 7.11 Å². The molecule has 0 aromatic heterocycles. The molecule has 5 heteroatoms. The summed E-state index contributed by atoms with van der Waals surface area (Å²) in [6.07, 6.45) is 5.32. The van der Waals surface area contributed by atoms with Crippen LogP contribution in [0.15, 0.2) is 12.1 Å². The molecule has 0 radical (unpaired) electrons. The van der Waals surface area contributed by atoms with Gasteiger partial charge in [0.05, 0.1) is 5.60 Å². The maximum atomic E-state index is 12.2. The Kier molecular flexibility index (Phi) is 4.57. The summed E-state index contributed by atoms with van der Waals surface area (Å²) in [5, 5.41) is 23.1. The molecule has 6 rings (SSSR count). The van der Waals surface area contributed by atoms with Gasteiger partial charge in [-0.2, -0.15) is 0 Å². The second kappa shape index (κ2) is 6.72. The topological polar surface area (TPSA) is 62.2 Å². The number of piperidine rings is 1. The van der Waals surface area contributed by atoms with Gasteiger partial charge in [0.15, 0.2) is 11.5 Å². The van der Waals surface area contributed by atoms with Crippen molar-refractivity contribution in [3.05, 3.63) is 23.3 Å². The van der Waals surface area contributed by atoms with E-state index in [1.807, 2.05) is 13.0 Å². The number of aromatic hydroxyl groups is 1. The van der Waals surface area contributed by atoms with Crippen LogP contribution in [-0.2, 0) is 16.6 Å². The molecule has 3 fully saturated rings. The van der Waals surface area contributed by atoms with Crippen LogP contribution in [-0.4, -0.2) is 58.7 Å². The summed E-state index contributed by atoms with van der Waals surface area (Å²) in [6.45, 7) is 15.3. The van der Waals surface area contributed by atoms with E-state index in [4.69, 9.17) is 9.47 Å². The number of aliphatic hydroxyl groups is 1. The second-order valence-electron chi connectivity index (χ2n) is 13.8. The monoisotopic (exact) mass is 469 g/mol. The van der Waals surface area contributed by atoms with Crippen LogP contribution >= 0.6 is 0 Å². The van der Waals surface area contributed by atoms with E-state index in [1.165, 1.54) is 30.5 Å². The van der Waals surface area contributed by atoms with E-state index in [2.05, 4.69) is 45.6 Å². The van der Waals surface area contributed by atoms with Gasteiger partial charge in [-0.25, -0.2) is 0 Å². The van der Waals surface area contributed by atoms with Gasteiger partial charge in [-0.15, -0.1) is 0 Å². The fraction of sp³-hybridized carbons (Fsp3) is 0.793. The van der Waals surface area contributed by atoms with E-state index in [-0.39, 0.29) is 34.0 Å². The first-order valence-electron chi connectivity index (χ1n) is 13.3. The molecule has 1 saturated heterocycles. The van der Waals surface area contributed by atoms with Gasteiger partial charge in [0.1, 0.15) is 11.7 Å². The van der Waals surface area contributed by atoms with E-state index < -0.39 is 11.2 Å². The third-order valence-corrected chi connectivity index (χ3v) is 11.4. The number of phenols is 1. The van der Waals surface area contributed by atoms with Crippen molar-refractivity contribution in [3.8, 4) is 11.5 Å². The number of hydrogen-bond donors (Lipinski definition) is 2. The lowest BCUT2D eigenvalue weighted by Crippen LogP contribution is -2.79. The number of methoxy groups -OCH3 is 1. The molecule has 0 amide bonds. The maximum absolute atomic E-state index is 12.2. The Balaban J connectivity index is 1.59. The van der Waals surface area contributed by atoms with Crippen molar-refractivity contribution in [1.29, 1.82) is 0 Å². The predicted octanol–water partition coefficient (Wildman–Crippen LogP) is 4.66. The lowest BCUT2D eigenvalue weighted by molar-refractivity contribution is -0.270. The highest BCUT2D eigenvalue weighted by Gasteiger charge is 2.77. The minimum atomic E-state index is -0.960. The Hall–Kier alpha value is -1.30. The van der Waals surface area contributed by atoms with Crippen LogP contribution in [0.4, 0.5) is 0 Å². The molecule has 34 heavy (non-hydrogen) atoms. The minimum Gasteiger partial charge on any atom is -0.504 e. The summed E-state index contributed by atoms with van der Waals surface area (Å²) in [5.41, 5.74) is 0.271. The Morgan fingerprint density at radius 1 is 1.18 bits per heavy atom. The third-order valence-electron chi connectivity index (χ3n) is 11.4. The summed E-state index contributed by atoms with van der Waals surface area (Å²) in [4.78, 5) is 2.77. The summed E-state index contributed by atoms with van der Waals surface area (Å²) in [6, 6.07) is 4.35. The summed E-state index contributed by atoms with van der Waals surface area (Å²) >= 11 is 0. The molecule has 7 atom stereocenters. The Labute approximate surface area is 204 Å². The normalized spacial score (nSPS) is 42.6. The van der Waals surface area contributed by atoms with Gasteiger partial charge in [0.25, 0.3) is 0 Å². The molecular formula is C29H43NO4. The van der Waals surface area contributed by atoms with Gasteiger partial charge in [-0.3, -0.25) is 4.90 Å². The van der Waals surface area contributed by atoms with Crippen molar-refractivity contribution in [2.45, 2.75) is 102 Å². The molecule has 2 unspecified atom stereocenters. The van der Waals surface area contributed by atoms with Crippen LogP contribution in [0.1, 0.15) is 78.4 Å². The van der Waals surface area contributed by atoms with Crippen LogP contribution in [0, 0.1) is 22.7 Å². The van der Waals surface area contributed by atoms with Gasteiger partial charge in [-0.05, 0) is 80.9 Å². The van der Waals surface area contributed by atoms with E-state index in [9.17, 15) is 10.2 Å². The third kappa shape index (κ3) is 2.57. The summed E-state index contributed by atoms with van der Waals surface area (Å²) < 4.78 is 13.3. The quantitative estimate of drug-likeness (QED) is 0.672. The first-order chi connectivity index (χ1) is 15.8. The van der Waals surface area contributed by atoms with E-state index >= 15 is 0 Å². The highest BCUT2D eigenvalue weighted by atomic mass is 16.6. The number of rotatable bonds is 4. The largest absolute Gasteiger partial charge is 0.504 e. The molecule has 2 aliphatic heterocycles. The summed E-state index contributed by atoms with van der Waals surface area (Å²) in [5.74, 6) is 1.63. The van der Waals surface area contributed by atoms with Crippen molar-refractivity contribution in [3.63, 3.8) is 0 Å². The van der Waals surface area contributed by atoms with Gasteiger partial charge in [0, 0.05) is 36.6 Å². The van der Waals surface area contributed by atoms with Crippen molar-refractivity contribution in [1.82, 2.24) is 4.90 Å². The number of likely N-dealkylation sites (tertiary alicyclic amines) is 1. The predicted molar refractivity (Wildman–Crippen MR) is 132 cm³/mol. The number of hydrogen-bond acceptors (Lipinski definition) is 5. The molecular weight excluding hydrogens is 426 g/mol. The van der Waals surface area contributed by atoms with Crippen molar-refractivity contribution in [2.75, 3.05) is 20.2 Å². The van der Waals surface area contributed by atoms with Crippen molar-refractivity contribution in [2.24, 2.45) is 22.7 Å². The van der Waals surface area contributed by atoms with Crippen LogP contribution in [0.3, 0.4) is 0 Å². The van der Waals surface area contributed by atoms with Gasteiger partial charge < -0.3 is 19.7 Å². The molecule has 2 bridgehead atoms. The van der Waals surface area contributed by atoms with Crippen LogP contribution in [0.25, 0.3) is 0 Å². The highest BCUT2D eigenvalue weighted by Crippen LogP contribution is 2.73. The Morgan fingerprint density at radius 3 is 2.50 bits per heavy atom. The van der Waals surface area contributed by atoms with Crippen LogP contribution < -0.4 is 4.74 Å². The molecule has 3 aliphatic carbocycles. The first kappa shape index (κ1) is 23.1. The number of nitrogens with zero attached hydrogens (tertiary/aromatic N) is 1. The average Bonchev–Trinajstić information content (AvgIpc) is 3.49. The molecule has 5 nitrogen and oxygen atoms in total. The zero-order valence-corrected chi connectivity index (χ0v) is 22.1. The highest BCUT2D eigenvalue weighted by molar-refractivity contribution is 5.62. The van der Waals surface area contributed by atoms with Crippen LogP contribution in [0.2, 0.25) is 0 Å². The number of benzene rings is 1. The maximum Gasteiger partial charge on any atom is 0.165 e. The van der Waals surface area contributed by atoms with E-state index in [0.29, 0.717) is 11.8 Å². The van der Waals surface area contributed by atoms with Gasteiger partial charge in [-0.1, -0.05) is 33.8 Å². The fourth-order valence-corrected chi connectivity index (χ4v) is 8.72. The van der Waals surface area contributed by atoms with Crippen LogP contribution in [0.5, 0.6) is 11.5 Å². The molecule has 1 aromatic carbocycles. The first-order valence-corrected chi connectivity index (χ1v) is 13.3. The van der Waals surface area contributed by atoms with Gasteiger partial charge in [0.2, 0.25) is 0 Å². The molecule has 2 N–H and O–H groups in total. The molecule has 5 aliphatic rings.